The van der Waals surface area contributed by atoms with E-state index in [1.54, 1.807) is 16.9 Å². The zero-order valence-electron chi connectivity index (χ0n) is 9.12. The third kappa shape index (κ3) is 18.9. The minimum atomic E-state index is -0.427. The van der Waals surface area contributed by atoms with Crippen LogP contribution >= 0.6 is 0 Å². The second-order valence-electron chi connectivity index (χ2n) is 3.27. The van der Waals surface area contributed by atoms with E-state index in [0.717, 1.165) is 0 Å². The largest absolute Gasteiger partial charge is 0 e. The molecule has 0 amide bonds. The standard InChI is InChI=1S/C7H18Ge2.2Li/c1-8(2)6-5-7-9(3)4;;/h5-7H2,1-4H3;;. The molecule has 11 heavy (non-hydrogen) atoms. The molecule has 0 atom stereocenters. The summed E-state index contributed by atoms with van der Waals surface area (Å²) >= 11 is -0.854. The Labute approximate surface area is 105 Å². The minimum Gasteiger partial charge on any atom is 0 e. The van der Waals surface area contributed by atoms with Crippen molar-refractivity contribution in [3.05, 3.63) is 0 Å². The second-order valence-corrected chi connectivity index (χ2v) is 15.5. The third-order valence-corrected chi connectivity index (χ3v) is 7.03. The van der Waals surface area contributed by atoms with Gasteiger partial charge in [0.2, 0.25) is 0 Å². The maximum absolute atomic E-state index is 2.48. The van der Waals surface area contributed by atoms with Gasteiger partial charge in [0.1, 0.15) is 0 Å². The molecule has 0 aromatic carbocycles. The molecular formula is C7H18Ge2Li2. The Kier molecular flexibility index (Phi) is 21.2. The third-order valence-electron chi connectivity index (χ3n) is 1.35. The van der Waals surface area contributed by atoms with Crippen LogP contribution in [0.15, 0.2) is 0 Å². The fourth-order valence-corrected chi connectivity index (χ4v) is 6.06. The monoisotopic (exact) mass is 264 g/mol. The summed E-state index contributed by atoms with van der Waals surface area (Å²) in [5.74, 6) is 9.91. The van der Waals surface area contributed by atoms with Crippen molar-refractivity contribution in [2.24, 2.45) is 0 Å². The van der Waals surface area contributed by atoms with Gasteiger partial charge in [0.05, 0.1) is 0 Å². The molecule has 0 aliphatic heterocycles. The van der Waals surface area contributed by atoms with Crippen molar-refractivity contribution >= 4 is 66.4 Å². The molecule has 0 unspecified atom stereocenters. The fraction of sp³-hybridized carbons (Fsp3) is 1.00. The Hall–Kier alpha value is 2.28. The molecule has 0 bridgehead atoms. The van der Waals surface area contributed by atoms with Crippen LogP contribution in [-0.4, -0.2) is 66.4 Å². The van der Waals surface area contributed by atoms with Crippen LogP contribution in [0.2, 0.25) is 33.5 Å². The average molecular weight is 261 g/mol. The van der Waals surface area contributed by atoms with Gasteiger partial charge in [0.15, 0.2) is 0 Å². The predicted octanol–water partition coefficient (Wildman–Crippen LogP) is 2.12. The topological polar surface area (TPSA) is 0 Å². The zero-order chi connectivity index (χ0) is 7.28. The van der Waals surface area contributed by atoms with Crippen molar-refractivity contribution in [3.63, 3.8) is 0 Å². The van der Waals surface area contributed by atoms with Gasteiger partial charge in [-0.1, -0.05) is 0 Å². The van der Waals surface area contributed by atoms with Crippen LogP contribution in [0.5, 0.6) is 0 Å². The predicted molar refractivity (Wildman–Crippen MR) is 60.7 cm³/mol. The van der Waals surface area contributed by atoms with Gasteiger partial charge in [-0.3, -0.25) is 0 Å². The first-order valence-corrected chi connectivity index (χ1v) is 15.1. The van der Waals surface area contributed by atoms with E-state index in [-0.39, 0.29) is 37.7 Å². The van der Waals surface area contributed by atoms with E-state index in [1.165, 1.54) is 0 Å². The summed E-state index contributed by atoms with van der Waals surface area (Å²) in [6, 6.07) is 0. The van der Waals surface area contributed by atoms with Gasteiger partial charge in [-0.2, -0.15) is 0 Å². The van der Waals surface area contributed by atoms with E-state index in [1.807, 2.05) is 0 Å². The van der Waals surface area contributed by atoms with Crippen LogP contribution in [0.4, 0.5) is 0 Å². The van der Waals surface area contributed by atoms with Crippen LogP contribution in [0.3, 0.4) is 0 Å². The van der Waals surface area contributed by atoms with Crippen LogP contribution in [0.1, 0.15) is 6.42 Å². The maximum atomic E-state index is 2.48. The summed E-state index contributed by atoms with van der Waals surface area (Å²) in [6.45, 7) is 0. The van der Waals surface area contributed by atoms with Crippen LogP contribution in [-0.2, 0) is 0 Å². The van der Waals surface area contributed by atoms with Gasteiger partial charge in [0, 0.05) is 37.7 Å². The molecule has 0 aliphatic carbocycles. The molecule has 4 heteroatoms. The molecule has 0 fully saturated rings. The fourth-order valence-electron chi connectivity index (χ4n) is 0.795. The van der Waals surface area contributed by atoms with Crippen LogP contribution in [0, 0.1) is 0 Å². The quantitative estimate of drug-likeness (QED) is 0.680. The first-order valence-electron chi connectivity index (χ1n) is 3.71. The summed E-state index contributed by atoms with van der Waals surface area (Å²) in [4.78, 5) is 0. The first kappa shape index (κ1) is 19.0. The Bertz CT molecular complexity index is 59.5. The Morgan fingerprint density at radius 3 is 1.18 bits per heavy atom. The Morgan fingerprint density at radius 2 is 1.00 bits per heavy atom. The molecule has 0 nitrogen and oxygen atoms in total. The van der Waals surface area contributed by atoms with Crippen LogP contribution < -0.4 is 0 Å². The van der Waals surface area contributed by atoms with E-state index in [0.29, 0.717) is 0 Å². The summed E-state index contributed by atoms with van der Waals surface area (Å²) in [5.41, 5.74) is 0. The van der Waals surface area contributed by atoms with Crippen molar-refractivity contribution in [2.75, 3.05) is 0 Å². The smallest absolute Gasteiger partial charge is 0 e. The molecule has 0 saturated heterocycles. The number of hydrogen-bond donors (Lipinski definition) is 0. The summed E-state index contributed by atoms with van der Waals surface area (Å²) in [5, 5.41) is 3.22. The molecule has 0 spiro atoms. The second kappa shape index (κ2) is 12.3. The summed E-state index contributed by atoms with van der Waals surface area (Å²) < 4.78 is 0. The molecule has 0 aromatic rings. The van der Waals surface area contributed by atoms with E-state index >= 15 is 0 Å². The van der Waals surface area contributed by atoms with Crippen molar-refractivity contribution < 1.29 is 0 Å². The maximum Gasteiger partial charge on any atom is 0 e. The number of rotatable bonds is 4. The van der Waals surface area contributed by atoms with Gasteiger partial charge in [-0.15, -0.1) is 0 Å². The van der Waals surface area contributed by atoms with E-state index < -0.39 is 28.7 Å². The van der Waals surface area contributed by atoms with Gasteiger partial charge in [-0.25, -0.2) is 0 Å². The van der Waals surface area contributed by atoms with Crippen molar-refractivity contribution in [1.82, 2.24) is 0 Å². The molecule has 0 aliphatic rings. The average Bonchev–Trinajstić information content (AvgIpc) is 1.63. The van der Waals surface area contributed by atoms with Gasteiger partial charge in [0.25, 0.3) is 0 Å². The van der Waals surface area contributed by atoms with E-state index in [4.69, 9.17) is 0 Å². The SMILES string of the molecule is [CH3][Ge]([CH3])[CH2]C[CH2][Ge]([CH3])[CH3].[Li].[Li]. The summed E-state index contributed by atoms with van der Waals surface area (Å²) in [6.07, 6.45) is 1.56. The molecule has 0 aromatic heterocycles. The van der Waals surface area contributed by atoms with Crippen LogP contribution in [0.25, 0.3) is 0 Å². The van der Waals surface area contributed by atoms with Crippen molar-refractivity contribution in [2.45, 2.75) is 40.0 Å². The zero-order valence-corrected chi connectivity index (χ0v) is 13.3. The summed E-state index contributed by atoms with van der Waals surface area (Å²) in [7, 11) is 0. The Morgan fingerprint density at radius 1 is 0.727 bits per heavy atom. The molecule has 0 N–H and O–H groups in total. The first-order chi connectivity index (χ1) is 4.13. The molecule has 0 rings (SSSR count). The molecule has 0 saturated carbocycles. The van der Waals surface area contributed by atoms with Gasteiger partial charge < -0.3 is 0 Å². The minimum absolute atomic E-state index is 0. The van der Waals surface area contributed by atoms with E-state index in [2.05, 4.69) is 23.0 Å². The van der Waals surface area contributed by atoms with Gasteiger partial charge in [-0.05, 0) is 0 Å². The van der Waals surface area contributed by atoms with Crippen molar-refractivity contribution in [3.8, 4) is 0 Å². The van der Waals surface area contributed by atoms with Gasteiger partial charge >= 0.3 is 68.6 Å². The molecule has 0 heterocycles. The Balaban J connectivity index is -0.000000320. The molecule has 56 valence electrons. The molecule has 4 radical (unpaired) electrons. The van der Waals surface area contributed by atoms with E-state index in [9.17, 15) is 0 Å². The number of hydrogen-bond acceptors (Lipinski definition) is 0. The molecular weight excluding hydrogens is 243 g/mol. The van der Waals surface area contributed by atoms with Crippen molar-refractivity contribution in [1.29, 1.82) is 0 Å². The normalized spacial score (nSPS) is 9.27.